The number of pyridine rings is 1. The lowest BCUT2D eigenvalue weighted by molar-refractivity contribution is 0.952. The van der Waals surface area contributed by atoms with Crippen molar-refractivity contribution in [3.05, 3.63) is 53.8 Å². The van der Waals surface area contributed by atoms with Gasteiger partial charge in [0.15, 0.2) is 0 Å². The maximum Gasteiger partial charge on any atom is 0.214 e. The van der Waals surface area contributed by atoms with E-state index in [0.29, 0.717) is 0 Å². The van der Waals surface area contributed by atoms with E-state index in [1.165, 1.54) is 10.4 Å². The molecule has 0 unspecified atom stereocenters. The van der Waals surface area contributed by atoms with Crippen LogP contribution in [0.25, 0.3) is 15.5 Å². The molecule has 0 aliphatic rings. The van der Waals surface area contributed by atoms with Gasteiger partial charge in [0.1, 0.15) is 5.69 Å². The highest BCUT2D eigenvalue weighted by Gasteiger charge is 2.11. The SMILES string of the molecule is c1csc(-c2cnc3sc(NCCc4ccncc4)nn23)c1. The van der Waals surface area contributed by atoms with Crippen LogP contribution in [0.3, 0.4) is 0 Å². The molecule has 7 heteroatoms. The van der Waals surface area contributed by atoms with Crippen LogP contribution in [0.1, 0.15) is 5.56 Å². The highest BCUT2D eigenvalue weighted by molar-refractivity contribution is 7.20. The summed E-state index contributed by atoms with van der Waals surface area (Å²) in [6, 6.07) is 8.19. The van der Waals surface area contributed by atoms with E-state index >= 15 is 0 Å². The number of imidazole rings is 1. The van der Waals surface area contributed by atoms with Crippen molar-refractivity contribution in [1.82, 2.24) is 19.6 Å². The minimum Gasteiger partial charge on any atom is -0.360 e. The van der Waals surface area contributed by atoms with Crippen LogP contribution in [-0.2, 0) is 6.42 Å². The van der Waals surface area contributed by atoms with Crippen molar-refractivity contribution >= 4 is 32.8 Å². The molecule has 0 amide bonds. The van der Waals surface area contributed by atoms with Gasteiger partial charge in [-0.25, -0.2) is 9.50 Å². The van der Waals surface area contributed by atoms with Crippen LogP contribution in [0.4, 0.5) is 5.13 Å². The van der Waals surface area contributed by atoms with Crippen molar-refractivity contribution in [2.24, 2.45) is 0 Å². The monoisotopic (exact) mass is 327 g/mol. The molecule has 5 nitrogen and oxygen atoms in total. The maximum atomic E-state index is 4.62. The molecule has 1 N–H and O–H groups in total. The fourth-order valence-electron chi connectivity index (χ4n) is 2.22. The van der Waals surface area contributed by atoms with Crippen LogP contribution in [0.5, 0.6) is 0 Å². The Morgan fingerprint density at radius 2 is 2.09 bits per heavy atom. The first kappa shape index (κ1) is 13.4. The molecule has 0 saturated heterocycles. The summed E-state index contributed by atoms with van der Waals surface area (Å²) < 4.78 is 1.91. The van der Waals surface area contributed by atoms with Crippen molar-refractivity contribution in [2.45, 2.75) is 6.42 Å². The van der Waals surface area contributed by atoms with Crippen LogP contribution < -0.4 is 5.32 Å². The van der Waals surface area contributed by atoms with E-state index in [1.54, 1.807) is 22.7 Å². The van der Waals surface area contributed by atoms with E-state index in [2.05, 4.69) is 31.8 Å². The first-order valence-electron chi connectivity index (χ1n) is 6.91. The second-order valence-corrected chi connectivity index (χ2v) is 6.66. The third-order valence-electron chi connectivity index (χ3n) is 3.30. The smallest absolute Gasteiger partial charge is 0.214 e. The van der Waals surface area contributed by atoms with E-state index in [4.69, 9.17) is 0 Å². The molecule has 0 fully saturated rings. The fourth-order valence-corrected chi connectivity index (χ4v) is 3.74. The van der Waals surface area contributed by atoms with Gasteiger partial charge in [0.25, 0.3) is 0 Å². The topological polar surface area (TPSA) is 55.1 Å². The summed E-state index contributed by atoms with van der Waals surface area (Å²) in [6.07, 6.45) is 6.47. The van der Waals surface area contributed by atoms with Gasteiger partial charge in [0.2, 0.25) is 10.1 Å². The normalized spacial score (nSPS) is 11.1. The Morgan fingerprint density at radius 3 is 2.91 bits per heavy atom. The van der Waals surface area contributed by atoms with Gasteiger partial charge in [0.05, 0.1) is 11.1 Å². The maximum absolute atomic E-state index is 4.62. The Hall–Kier alpha value is -2.25. The molecule has 4 aromatic heterocycles. The lowest BCUT2D eigenvalue weighted by atomic mass is 10.2. The molecule has 4 rings (SSSR count). The summed E-state index contributed by atoms with van der Waals surface area (Å²) in [4.78, 5) is 10.6. The molecule has 0 aliphatic carbocycles. The van der Waals surface area contributed by atoms with E-state index in [0.717, 1.165) is 28.8 Å². The number of fused-ring (bicyclic) bond motifs is 1. The van der Waals surface area contributed by atoms with Crippen LogP contribution in [0.15, 0.2) is 48.2 Å². The van der Waals surface area contributed by atoms with Crippen LogP contribution in [0.2, 0.25) is 0 Å². The molecule has 0 spiro atoms. The second kappa shape index (κ2) is 5.86. The van der Waals surface area contributed by atoms with Crippen molar-refractivity contribution in [1.29, 1.82) is 0 Å². The lowest BCUT2D eigenvalue weighted by Gasteiger charge is -2.01. The minimum atomic E-state index is 0.842. The van der Waals surface area contributed by atoms with Gasteiger partial charge >= 0.3 is 0 Å². The number of nitrogens with zero attached hydrogens (tertiary/aromatic N) is 4. The fraction of sp³-hybridized carbons (Fsp3) is 0.133. The number of thiophene rings is 1. The predicted molar refractivity (Wildman–Crippen MR) is 90.6 cm³/mol. The average molecular weight is 327 g/mol. The summed E-state index contributed by atoms with van der Waals surface area (Å²) in [6.45, 7) is 0.842. The van der Waals surface area contributed by atoms with Gasteiger partial charge < -0.3 is 5.32 Å². The predicted octanol–water partition coefficient (Wildman–Crippen LogP) is 3.57. The Morgan fingerprint density at radius 1 is 1.18 bits per heavy atom. The number of anilines is 1. The lowest BCUT2D eigenvalue weighted by Crippen LogP contribution is -2.05. The van der Waals surface area contributed by atoms with Gasteiger partial charge in [-0.2, -0.15) is 0 Å². The molecule has 4 aromatic rings. The number of nitrogens with one attached hydrogen (secondary N) is 1. The Kier molecular flexibility index (Phi) is 3.57. The highest BCUT2D eigenvalue weighted by atomic mass is 32.1. The van der Waals surface area contributed by atoms with E-state index < -0.39 is 0 Å². The highest BCUT2D eigenvalue weighted by Crippen LogP contribution is 2.28. The third-order valence-corrected chi connectivity index (χ3v) is 5.07. The summed E-state index contributed by atoms with van der Waals surface area (Å²) in [7, 11) is 0. The minimum absolute atomic E-state index is 0.842. The Labute approximate surface area is 135 Å². The molecule has 0 aromatic carbocycles. The zero-order valence-corrected chi connectivity index (χ0v) is 13.3. The van der Waals surface area contributed by atoms with Crippen molar-refractivity contribution in [3.63, 3.8) is 0 Å². The summed E-state index contributed by atoms with van der Waals surface area (Å²) in [5.41, 5.74) is 2.31. The Balaban J connectivity index is 1.49. The molecule has 0 atom stereocenters. The summed E-state index contributed by atoms with van der Waals surface area (Å²) in [5, 5.41) is 10.9. The molecule has 0 aliphatic heterocycles. The molecular weight excluding hydrogens is 314 g/mol. The van der Waals surface area contributed by atoms with Crippen LogP contribution in [0, 0.1) is 0 Å². The first-order valence-corrected chi connectivity index (χ1v) is 8.61. The standard InChI is InChI=1S/C15H13N5S2/c1-2-13(21-9-1)12-10-18-15-20(12)19-14(22-15)17-8-5-11-3-6-16-7-4-11/h1-4,6-7,9-10H,5,8H2,(H,17,19). The molecule has 0 radical (unpaired) electrons. The number of aromatic nitrogens is 4. The van der Waals surface area contributed by atoms with E-state index in [1.807, 2.05) is 41.3 Å². The summed E-state index contributed by atoms with van der Waals surface area (Å²) >= 11 is 3.27. The van der Waals surface area contributed by atoms with Gasteiger partial charge in [-0.3, -0.25) is 4.98 Å². The van der Waals surface area contributed by atoms with Crippen molar-refractivity contribution in [2.75, 3.05) is 11.9 Å². The zero-order valence-electron chi connectivity index (χ0n) is 11.6. The molecule has 22 heavy (non-hydrogen) atoms. The third kappa shape index (κ3) is 2.60. The van der Waals surface area contributed by atoms with Crippen molar-refractivity contribution in [3.8, 4) is 10.6 Å². The van der Waals surface area contributed by atoms with Crippen LogP contribution in [-0.4, -0.2) is 26.1 Å². The molecule has 110 valence electrons. The van der Waals surface area contributed by atoms with Gasteiger partial charge in [-0.1, -0.05) is 17.4 Å². The number of hydrogen-bond acceptors (Lipinski definition) is 6. The first-order chi connectivity index (χ1) is 10.9. The quantitative estimate of drug-likeness (QED) is 0.609. The van der Waals surface area contributed by atoms with Gasteiger partial charge in [-0.15, -0.1) is 16.4 Å². The van der Waals surface area contributed by atoms with Gasteiger partial charge in [-0.05, 0) is 35.6 Å². The Bertz CT molecular complexity index is 864. The molecule has 0 bridgehead atoms. The second-order valence-electron chi connectivity index (χ2n) is 4.75. The van der Waals surface area contributed by atoms with E-state index in [-0.39, 0.29) is 0 Å². The molecule has 4 heterocycles. The average Bonchev–Trinajstić information content (AvgIpc) is 3.24. The van der Waals surface area contributed by atoms with Crippen molar-refractivity contribution < 1.29 is 0 Å². The summed E-state index contributed by atoms with van der Waals surface area (Å²) in [5.74, 6) is 0. The van der Waals surface area contributed by atoms with Crippen LogP contribution >= 0.6 is 22.7 Å². The number of hydrogen-bond donors (Lipinski definition) is 1. The largest absolute Gasteiger partial charge is 0.360 e. The molecule has 0 saturated carbocycles. The molecular formula is C15H13N5S2. The zero-order chi connectivity index (χ0) is 14.8. The van der Waals surface area contributed by atoms with E-state index in [9.17, 15) is 0 Å². The van der Waals surface area contributed by atoms with Gasteiger partial charge in [0, 0.05) is 18.9 Å². The number of rotatable bonds is 5.